The highest BCUT2D eigenvalue weighted by atomic mass is 19.4. The lowest BCUT2D eigenvalue weighted by Gasteiger charge is -2.19. The van der Waals surface area contributed by atoms with Crippen molar-refractivity contribution >= 4 is 11.9 Å². The number of halogens is 3. The van der Waals surface area contributed by atoms with Gasteiger partial charge in [0.2, 0.25) is 0 Å². The van der Waals surface area contributed by atoms with Gasteiger partial charge in [0.25, 0.3) is 0 Å². The molecule has 4 nitrogen and oxygen atoms in total. The predicted molar refractivity (Wildman–Crippen MR) is 46.9 cm³/mol. The summed E-state index contributed by atoms with van der Waals surface area (Å²) in [5.41, 5.74) is 1.11. The van der Waals surface area contributed by atoms with Crippen molar-refractivity contribution in [3.63, 3.8) is 0 Å². The van der Waals surface area contributed by atoms with E-state index in [9.17, 15) is 22.8 Å². The lowest BCUT2D eigenvalue weighted by atomic mass is 9.89. The van der Waals surface area contributed by atoms with E-state index in [0.717, 1.165) is 24.7 Å². The van der Waals surface area contributed by atoms with Crippen LogP contribution in [0.2, 0.25) is 0 Å². The first kappa shape index (κ1) is 12.8. The lowest BCUT2D eigenvalue weighted by molar-refractivity contribution is -0.190. The number of nitrogens with one attached hydrogen (secondary N) is 1. The maximum absolute atomic E-state index is 11.7. The van der Waals surface area contributed by atoms with Crippen LogP contribution in [0.25, 0.3) is 0 Å². The zero-order valence-corrected chi connectivity index (χ0v) is 8.47. The number of rotatable bonds is 1. The highest BCUT2D eigenvalue weighted by Gasteiger charge is 2.40. The molecule has 0 aromatic rings. The zero-order chi connectivity index (χ0) is 12.2. The van der Waals surface area contributed by atoms with Gasteiger partial charge in [0, 0.05) is 0 Å². The van der Waals surface area contributed by atoms with Gasteiger partial charge in [-0.2, -0.15) is 18.7 Å². The van der Waals surface area contributed by atoms with Crippen molar-refractivity contribution in [1.82, 2.24) is 5.48 Å². The van der Waals surface area contributed by atoms with E-state index in [1.807, 2.05) is 0 Å². The Bertz CT molecular complexity index is 272. The largest absolute Gasteiger partial charge is 0.474 e. The molecule has 0 unspecified atom stereocenters. The minimum atomic E-state index is -5.03. The monoisotopic (exact) mass is 239 g/mol. The highest BCUT2D eigenvalue weighted by molar-refractivity contribution is 5.82. The van der Waals surface area contributed by atoms with Crippen LogP contribution in [-0.2, 0) is 14.4 Å². The van der Waals surface area contributed by atoms with Crippen LogP contribution in [0, 0.1) is 5.92 Å². The molecule has 7 heteroatoms. The molecular formula is C9H12F3NO3. The summed E-state index contributed by atoms with van der Waals surface area (Å²) in [6, 6.07) is 0. The van der Waals surface area contributed by atoms with Gasteiger partial charge in [-0.25, -0.2) is 4.79 Å². The first-order chi connectivity index (χ1) is 7.41. The molecule has 1 aliphatic rings. The predicted octanol–water partition coefficient (Wildman–Crippen LogP) is 1.70. The first-order valence-corrected chi connectivity index (χ1v) is 4.99. The van der Waals surface area contributed by atoms with Crippen LogP contribution in [0.5, 0.6) is 0 Å². The van der Waals surface area contributed by atoms with Gasteiger partial charge in [0.05, 0.1) is 5.92 Å². The molecule has 0 radical (unpaired) electrons. The summed E-state index contributed by atoms with van der Waals surface area (Å²) in [6.07, 6.45) is -1.12. The number of amides is 1. The SMILES string of the molecule is O=C(ONC(=O)C(F)(F)F)C1CCCCC1. The standard InChI is InChI=1S/C9H12F3NO3/c10-9(11,12)8(15)13-16-7(14)6-4-2-1-3-5-6/h6H,1-5H2,(H,13,15). The van der Waals surface area contributed by atoms with Crippen molar-refractivity contribution in [2.45, 2.75) is 38.3 Å². The van der Waals surface area contributed by atoms with Crippen molar-refractivity contribution in [3.05, 3.63) is 0 Å². The van der Waals surface area contributed by atoms with Crippen LogP contribution in [0.4, 0.5) is 13.2 Å². The normalized spacial score (nSPS) is 17.9. The summed E-state index contributed by atoms with van der Waals surface area (Å²) in [7, 11) is 0. The molecule has 1 saturated carbocycles. The van der Waals surface area contributed by atoms with Crippen molar-refractivity contribution in [3.8, 4) is 0 Å². The van der Waals surface area contributed by atoms with Gasteiger partial charge in [0.1, 0.15) is 0 Å². The topological polar surface area (TPSA) is 55.4 Å². The number of hydroxylamine groups is 1. The minimum absolute atomic E-state index is 0.401. The Morgan fingerprint density at radius 3 is 2.19 bits per heavy atom. The molecule has 0 bridgehead atoms. The molecule has 1 aliphatic carbocycles. The van der Waals surface area contributed by atoms with Crippen LogP contribution in [0.3, 0.4) is 0 Å². The lowest BCUT2D eigenvalue weighted by Crippen LogP contribution is -2.39. The molecule has 0 heterocycles. The molecule has 92 valence electrons. The Kier molecular flexibility index (Phi) is 4.14. The fourth-order valence-electron chi connectivity index (χ4n) is 1.58. The van der Waals surface area contributed by atoms with Crippen LogP contribution in [-0.4, -0.2) is 18.1 Å². The number of carbonyl (C=O) groups is 2. The van der Waals surface area contributed by atoms with Gasteiger partial charge in [-0.1, -0.05) is 19.3 Å². The van der Waals surface area contributed by atoms with Crippen LogP contribution < -0.4 is 5.48 Å². The van der Waals surface area contributed by atoms with Crippen LogP contribution in [0.15, 0.2) is 0 Å². The Morgan fingerprint density at radius 1 is 1.12 bits per heavy atom. The van der Waals surface area contributed by atoms with Crippen molar-refractivity contribution in [1.29, 1.82) is 0 Å². The third-order valence-electron chi connectivity index (χ3n) is 2.44. The quantitative estimate of drug-likeness (QED) is 0.708. The van der Waals surface area contributed by atoms with E-state index in [0.29, 0.717) is 12.8 Å². The summed E-state index contributed by atoms with van der Waals surface area (Å²) < 4.78 is 35.2. The number of hydrogen-bond donors (Lipinski definition) is 1. The Labute approximate surface area is 90.1 Å². The molecule has 1 rings (SSSR count). The maximum Gasteiger partial charge on any atom is 0.474 e. The van der Waals surface area contributed by atoms with E-state index < -0.39 is 24.0 Å². The molecule has 1 fully saturated rings. The van der Waals surface area contributed by atoms with E-state index in [4.69, 9.17) is 0 Å². The summed E-state index contributed by atoms with van der Waals surface area (Å²) in [5, 5.41) is 0. The Morgan fingerprint density at radius 2 is 1.69 bits per heavy atom. The van der Waals surface area contributed by atoms with Crippen molar-refractivity contribution in [2.75, 3.05) is 0 Å². The second kappa shape index (κ2) is 5.18. The smallest absolute Gasteiger partial charge is 0.340 e. The Hall–Kier alpha value is -1.27. The molecular weight excluding hydrogens is 227 g/mol. The average Bonchev–Trinajstić information content (AvgIpc) is 2.25. The van der Waals surface area contributed by atoms with Crippen molar-refractivity contribution in [2.24, 2.45) is 5.92 Å². The molecule has 0 aromatic carbocycles. The van der Waals surface area contributed by atoms with Crippen LogP contribution >= 0.6 is 0 Å². The highest BCUT2D eigenvalue weighted by Crippen LogP contribution is 2.24. The average molecular weight is 239 g/mol. The summed E-state index contributed by atoms with van der Waals surface area (Å²) >= 11 is 0. The van der Waals surface area contributed by atoms with E-state index in [1.165, 1.54) is 0 Å². The molecule has 0 aliphatic heterocycles. The van der Waals surface area contributed by atoms with E-state index in [1.54, 1.807) is 0 Å². The molecule has 0 saturated heterocycles. The van der Waals surface area contributed by atoms with Gasteiger partial charge in [-0.05, 0) is 12.8 Å². The van der Waals surface area contributed by atoms with Gasteiger partial charge in [-0.3, -0.25) is 4.79 Å². The fourth-order valence-corrected chi connectivity index (χ4v) is 1.58. The third-order valence-corrected chi connectivity index (χ3v) is 2.44. The zero-order valence-electron chi connectivity index (χ0n) is 8.47. The summed E-state index contributed by atoms with van der Waals surface area (Å²) in [4.78, 5) is 25.7. The number of hydrogen-bond acceptors (Lipinski definition) is 3. The first-order valence-electron chi connectivity index (χ1n) is 4.99. The third kappa shape index (κ3) is 3.71. The fraction of sp³-hybridized carbons (Fsp3) is 0.778. The Balaban J connectivity index is 2.32. The van der Waals surface area contributed by atoms with Gasteiger partial charge < -0.3 is 4.84 Å². The van der Waals surface area contributed by atoms with E-state index in [-0.39, 0.29) is 0 Å². The molecule has 1 N–H and O–H groups in total. The molecule has 0 spiro atoms. The van der Waals surface area contributed by atoms with Gasteiger partial charge >= 0.3 is 18.1 Å². The second-order valence-corrected chi connectivity index (χ2v) is 3.68. The maximum atomic E-state index is 11.7. The van der Waals surface area contributed by atoms with Crippen molar-refractivity contribution < 1.29 is 27.6 Å². The van der Waals surface area contributed by atoms with Gasteiger partial charge in [0.15, 0.2) is 0 Å². The number of carbonyl (C=O) groups excluding carboxylic acids is 2. The molecule has 1 amide bonds. The van der Waals surface area contributed by atoms with Gasteiger partial charge in [-0.15, -0.1) is 0 Å². The number of alkyl halides is 3. The second-order valence-electron chi connectivity index (χ2n) is 3.68. The molecule has 0 aromatic heterocycles. The van der Waals surface area contributed by atoms with E-state index in [2.05, 4.69) is 4.84 Å². The minimum Gasteiger partial charge on any atom is -0.340 e. The molecule has 0 atom stereocenters. The van der Waals surface area contributed by atoms with E-state index >= 15 is 0 Å². The molecule has 16 heavy (non-hydrogen) atoms. The summed E-state index contributed by atoms with van der Waals surface area (Å²) in [5.74, 6) is -3.46. The van der Waals surface area contributed by atoms with Crippen LogP contribution in [0.1, 0.15) is 32.1 Å². The summed E-state index contributed by atoms with van der Waals surface area (Å²) in [6.45, 7) is 0.